The van der Waals surface area contributed by atoms with Gasteiger partial charge in [0.05, 0.1) is 11.5 Å². The van der Waals surface area contributed by atoms with Crippen LogP contribution in [-0.2, 0) is 16.1 Å². The zero-order chi connectivity index (χ0) is 18.7. The van der Waals surface area contributed by atoms with Crippen LogP contribution < -0.4 is 5.32 Å². The van der Waals surface area contributed by atoms with Crippen LogP contribution in [-0.4, -0.2) is 27.5 Å². The molecule has 1 aliphatic rings. The zero-order valence-corrected chi connectivity index (χ0v) is 13.7. The molecule has 1 saturated heterocycles. The Hall–Kier alpha value is -3.55. The van der Waals surface area contributed by atoms with Gasteiger partial charge in [0, 0.05) is 36.2 Å². The highest BCUT2D eigenvalue weighted by Gasteiger charge is 2.28. The number of benzene rings is 2. The van der Waals surface area contributed by atoms with E-state index in [4.69, 9.17) is 0 Å². The van der Waals surface area contributed by atoms with E-state index in [0.29, 0.717) is 11.3 Å². The second-order valence-corrected chi connectivity index (χ2v) is 5.83. The third-order valence-electron chi connectivity index (χ3n) is 4.03. The predicted molar refractivity (Wildman–Crippen MR) is 92.3 cm³/mol. The molecule has 26 heavy (non-hydrogen) atoms. The lowest BCUT2D eigenvalue weighted by molar-refractivity contribution is -0.384. The van der Waals surface area contributed by atoms with Crippen molar-refractivity contribution < 1.29 is 19.3 Å². The number of nitro benzene ring substituents is 1. The highest BCUT2D eigenvalue weighted by molar-refractivity contribution is 6.04. The first-order valence-electron chi connectivity index (χ1n) is 7.92. The molecule has 8 heteroatoms. The van der Waals surface area contributed by atoms with Crippen LogP contribution >= 0.6 is 0 Å². The van der Waals surface area contributed by atoms with E-state index in [9.17, 15) is 24.5 Å². The molecule has 3 amide bonds. The Labute approximate surface area is 148 Å². The molecule has 2 aromatic rings. The maximum Gasteiger partial charge on any atom is 0.271 e. The third-order valence-corrected chi connectivity index (χ3v) is 4.03. The Morgan fingerprint density at radius 1 is 1.08 bits per heavy atom. The van der Waals surface area contributed by atoms with Crippen LogP contribution in [0.15, 0.2) is 48.5 Å². The SMILES string of the molecule is O=C(Nc1cccc([N+](=O)[O-])c1)c1ccc(CN2C(=O)CCC2=O)cc1. The van der Waals surface area contributed by atoms with Crippen molar-refractivity contribution in [2.45, 2.75) is 19.4 Å². The molecule has 0 bridgehead atoms. The first kappa shape index (κ1) is 17.3. The number of amides is 3. The summed E-state index contributed by atoms with van der Waals surface area (Å²) in [4.78, 5) is 47.0. The van der Waals surface area contributed by atoms with Crippen LogP contribution in [0.4, 0.5) is 11.4 Å². The van der Waals surface area contributed by atoms with Gasteiger partial charge in [-0.3, -0.25) is 29.4 Å². The molecule has 0 saturated carbocycles. The minimum Gasteiger partial charge on any atom is -0.322 e. The number of nitrogens with one attached hydrogen (secondary N) is 1. The number of nitro groups is 1. The van der Waals surface area contributed by atoms with E-state index in [2.05, 4.69) is 5.32 Å². The molecule has 1 fully saturated rings. The predicted octanol–water partition coefficient (Wildman–Crippen LogP) is 2.50. The van der Waals surface area contributed by atoms with Crippen molar-refractivity contribution in [2.75, 3.05) is 5.32 Å². The lowest BCUT2D eigenvalue weighted by Crippen LogP contribution is -2.28. The summed E-state index contributed by atoms with van der Waals surface area (Å²) in [6.45, 7) is 0.185. The van der Waals surface area contributed by atoms with Crippen LogP contribution in [0.1, 0.15) is 28.8 Å². The van der Waals surface area contributed by atoms with Crippen molar-refractivity contribution in [3.63, 3.8) is 0 Å². The fourth-order valence-corrected chi connectivity index (χ4v) is 2.64. The number of carbonyl (C=O) groups excluding carboxylic acids is 3. The molecule has 0 unspecified atom stereocenters. The number of rotatable bonds is 5. The van der Waals surface area contributed by atoms with Gasteiger partial charge in [0.2, 0.25) is 11.8 Å². The standard InChI is InChI=1S/C18H15N3O5/c22-16-8-9-17(23)20(16)11-12-4-6-13(7-5-12)18(24)19-14-2-1-3-15(10-14)21(25)26/h1-7,10H,8-9,11H2,(H,19,24). The van der Waals surface area contributed by atoms with Crippen LogP contribution in [0, 0.1) is 10.1 Å². The Balaban J connectivity index is 1.67. The first-order chi connectivity index (χ1) is 12.4. The summed E-state index contributed by atoms with van der Waals surface area (Å²) in [5.74, 6) is -0.796. The van der Waals surface area contributed by atoms with Crippen molar-refractivity contribution in [1.29, 1.82) is 0 Å². The van der Waals surface area contributed by atoms with E-state index in [1.807, 2.05) is 0 Å². The monoisotopic (exact) mass is 353 g/mol. The second kappa shape index (κ2) is 7.14. The quantitative estimate of drug-likeness (QED) is 0.504. The number of likely N-dealkylation sites (tertiary alicyclic amines) is 1. The summed E-state index contributed by atoms with van der Waals surface area (Å²) in [6.07, 6.45) is 0.477. The topological polar surface area (TPSA) is 110 Å². The third kappa shape index (κ3) is 3.75. The molecular formula is C18H15N3O5. The lowest BCUT2D eigenvalue weighted by Gasteiger charge is -2.14. The molecule has 0 spiro atoms. The molecule has 0 radical (unpaired) electrons. The van der Waals surface area contributed by atoms with E-state index in [1.54, 1.807) is 30.3 Å². The van der Waals surface area contributed by atoms with Gasteiger partial charge in [-0.25, -0.2) is 0 Å². The number of imide groups is 1. The van der Waals surface area contributed by atoms with Gasteiger partial charge in [-0.2, -0.15) is 0 Å². The molecule has 1 aliphatic heterocycles. The number of hydrogen-bond donors (Lipinski definition) is 1. The Morgan fingerprint density at radius 2 is 1.73 bits per heavy atom. The van der Waals surface area contributed by atoms with Crippen molar-refractivity contribution >= 4 is 29.1 Å². The average Bonchev–Trinajstić information content (AvgIpc) is 2.94. The van der Waals surface area contributed by atoms with Crippen LogP contribution in [0.25, 0.3) is 0 Å². The zero-order valence-electron chi connectivity index (χ0n) is 13.7. The number of anilines is 1. The Morgan fingerprint density at radius 3 is 2.35 bits per heavy atom. The van der Waals surface area contributed by atoms with E-state index < -0.39 is 10.8 Å². The summed E-state index contributed by atoms with van der Waals surface area (Å²) < 4.78 is 0. The largest absolute Gasteiger partial charge is 0.322 e. The first-order valence-corrected chi connectivity index (χ1v) is 7.92. The van der Waals surface area contributed by atoms with Crippen molar-refractivity contribution in [3.8, 4) is 0 Å². The number of hydrogen-bond acceptors (Lipinski definition) is 5. The van der Waals surface area contributed by atoms with Gasteiger partial charge in [-0.05, 0) is 23.8 Å². The number of nitrogens with zero attached hydrogens (tertiary/aromatic N) is 2. The number of non-ortho nitro benzene ring substituents is 1. The minimum atomic E-state index is -0.536. The van der Waals surface area contributed by atoms with Gasteiger partial charge in [0.1, 0.15) is 0 Å². The van der Waals surface area contributed by atoms with Gasteiger partial charge in [0.15, 0.2) is 0 Å². The van der Waals surface area contributed by atoms with Gasteiger partial charge in [-0.1, -0.05) is 18.2 Å². The fraction of sp³-hybridized carbons (Fsp3) is 0.167. The summed E-state index contributed by atoms with van der Waals surface area (Å²) in [7, 11) is 0. The average molecular weight is 353 g/mol. The fourth-order valence-electron chi connectivity index (χ4n) is 2.64. The van der Waals surface area contributed by atoms with E-state index in [-0.39, 0.29) is 36.9 Å². The molecule has 132 valence electrons. The highest BCUT2D eigenvalue weighted by atomic mass is 16.6. The van der Waals surface area contributed by atoms with Crippen molar-refractivity contribution in [1.82, 2.24) is 4.90 Å². The minimum absolute atomic E-state index is 0.113. The summed E-state index contributed by atoms with van der Waals surface area (Å²) in [6, 6.07) is 12.1. The van der Waals surface area contributed by atoms with Crippen LogP contribution in [0.5, 0.6) is 0 Å². The molecule has 8 nitrogen and oxygen atoms in total. The maximum atomic E-state index is 12.3. The Bertz CT molecular complexity index is 876. The van der Waals surface area contributed by atoms with Gasteiger partial charge < -0.3 is 5.32 Å². The highest BCUT2D eigenvalue weighted by Crippen LogP contribution is 2.19. The van der Waals surface area contributed by atoms with Crippen LogP contribution in [0.2, 0.25) is 0 Å². The van der Waals surface area contributed by atoms with Gasteiger partial charge in [-0.15, -0.1) is 0 Å². The maximum absolute atomic E-state index is 12.3. The Kier molecular flexibility index (Phi) is 4.74. The number of carbonyl (C=O) groups is 3. The smallest absolute Gasteiger partial charge is 0.271 e. The van der Waals surface area contributed by atoms with Crippen molar-refractivity contribution in [2.24, 2.45) is 0 Å². The lowest BCUT2D eigenvalue weighted by atomic mass is 10.1. The molecular weight excluding hydrogens is 338 g/mol. The van der Waals surface area contributed by atoms with E-state index >= 15 is 0 Å². The second-order valence-electron chi connectivity index (χ2n) is 5.83. The molecule has 0 aliphatic carbocycles. The van der Waals surface area contributed by atoms with E-state index in [1.165, 1.54) is 23.1 Å². The van der Waals surface area contributed by atoms with Gasteiger partial charge >= 0.3 is 0 Å². The van der Waals surface area contributed by atoms with Crippen LogP contribution in [0.3, 0.4) is 0 Å². The molecule has 1 N–H and O–H groups in total. The summed E-state index contributed by atoms with van der Waals surface area (Å²) in [5, 5.41) is 13.4. The van der Waals surface area contributed by atoms with Crippen molar-refractivity contribution in [3.05, 3.63) is 69.8 Å². The molecule has 0 aromatic heterocycles. The summed E-state index contributed by atoms with van der Waals surface area (Å²) in [5.41, 5.74) is 1.31. The normalized spacial score (nSPS) is 13.8. The molecule has 1 heterocycles. The molecule has 2 aromatic carbocycles. The molecule has 3 rings (SSSR count). The van der Waals surface area contributed by atoms with E-state index in [0.717, 1.165) is 5.56 Å². The molecule has 0 atom stereocenters. The van der Waals surface area contributed by atoms with Gasteiger partial charge in [0.25, 0.3) is 11.6 Å². The summed E-state index contributed by atoms with van der Waals surface area (Å²) >= 11 is 0.